The van der Waals surface area contributed by atoms with E-state index in [1.807, 2.05) is 42.6 Å². The van der Waals surface area contributed by atoms with Gasteiger partial charge in [-0.15, -0.1) is 0 Å². The molecule has 0 amide bonds. The molecule has 1 heterocycles. The van der Waals surface area contributed by atoms with Gasteiger partial charge in [0.05, 0.1) is 7.11 Å². The standard InChI is InChI=1S/C16H20ClN3O/c1-20(11-12-3-6-14(17)7-4-12)15(9-18)13-5-8-16(21-2)19-10-13/h3-8,10,15H,9,11,18H2,1-2H3. The normalized spacial score (nSPS) is 12.4. The highest BCUT2D eigenvalue weighted by Gasteiger charge is 2.16. The Balaban J connectivity index is 2.09. The number of benzene rings is 1. The first kappa shape index (κ1) is 15.8. The molecule has 0 aliphatic heterocycles. The lowest BCUT2D eigenvalue weighted by atomic mass is 10.1. The van der Waals surface area contributed by atoms with E-state index in [1.165, 1.54) is 5.56 Å². The summed E-state index contributed by atoms with van der Waals surface area (Å²) in [5.74, 6) is 0.606. The number of nitrogens with zero attached hydrogens (tertiary/aromatic N) is 2. The van der Waals surface area contributed by atoms with E-state index in [1.54, 1.807) is 7.11 Å². The fourth-order valence-electron chi connectivity index (χ4n) is 2.27. The van der Waals surface area contributed by atoms with Crippen LogP contribution in [0.4, 0.5) is 0 Å². The Morgan fingerprint density at radius 1 is 1.24 bits per heavy atom. The third-order valence-corrected chi connectivity index (χ3v) is 3.71. The number of ether oxygens (including phenoxy) is 1. The number of hydrogen-bond donors (Lipinski definition) is 1. The Morgan fingerprint density at radius 3 is 2.48 bits per heavy atom. The van der Waals surface area contributed by atoms with Crippen molar-refractivity contribution < 1.29 is 4.74 Å². The molecule has 0 fully saturated rings. The molecule has 0 saturated carbocycles. The van der Waals surface area contributed by atoms with Crippen molar-refractivity contribution in [2.24, 2.45) is 5.73 Å². The van der Waals surface area contributed by atoms with Crippen LogP contribution in [0.25, 0.3) is 0 Å². The van der Waals surface area contributed by atoms with E-state index in [4.69, 9.17) is 22.1 Å². The minimum atomic E-state index is 0.110. The first-order valence-corrected chi connectivity index (χ1v) is 7.16. The maximum Gasteiger partial charge on any atom is 0.212 e. The van der Waals surface area contributed by atoms with Gasteiger partial charge in [-0.3, -0.25) is 4.90 Å². The fraction of sp³-hybridized carbons (Fsp3) is 0.312. The molecule has 21 heavy (non-hydrogen) atoms. The van der Waals surface area contributed by atoms with Crippen LogP contribution in [-0.2, 0) is 6.54 Å². The van der Waals surface area contributed by atoms with Gasteiger partial charge in [-0.2, -0.15) is 0 Å². The summed E-state index contributed by atoms with van der Waals surface area (Å²) in [6, 6.07) is 11.8. The van der Waals surface area contributed by atoms with Crippen LogP contribution in [0.1, 0.15) is 17.2 Å². The summed E-state index contributed by atoms with van der Waals surface area (Å²) in [6.07, 6.45) is 1.81. The average Bonchev–Trinajstić information content (AvgIpc) is 2.51. The molecule has 0 bridgehead atoms. The topological polar surface area (TPSA) is 51.4 Å². The molecule has 2 N–H and O–H groups in total. The fourth-order valence-corrected chi connectivity index (χ4v) is 2.39. The van der Waals surface area contributed by atoms with Crippen LogP contribution in [0.15, 0.2) is 42.6 Å². The Kier molecular flexibility index (Phi) is 5.56. The number of methoxy groups -OCH3 is 1. The SMILES string of the molecule is COc1ccc(C(CN)N(C)Cc2ccc(Cl)cc2)cn1. The molecule has 1 atom stereocenters. The summed E-state index contributed by atoms with van der Waals surface area (Å²) in [7, 11) is 3.66. The zero-order chi connectivity index (χ0) is 15.2. The molecular weight excluding hydrogens is 286 g/mol. The second-order valence-corrected chi connectivity index (χ2v) is 5.36. The zero-order valence-corrected chi connectivity index (χ0v) is 13.0. The minimum Gasteiger partial charge on any atom is -0.481 e. The van der Waals surface area contributed by atoms with Crippen LogP contribution in [-0.4, -0.2) is 30.6 Å². The van der Waals surface area contributed by atoms with E-state index < -0.39 is 0 Å². The van der Waals surface area contributed by atoms with Gasteiger partial charge >= 0.3 is 0 Å². The molecule has 0 aliphatic carbocycles. The van der Waals surface area contributed by atoms with Gasteiger partial charge in [-0.1, -0.05) is 29.8 Å². The van der Waals surface area contributed by atoms with E-state index in [0.29, 0.717) is 12.4 Å². The highest BCUT2D eigenvalue weighted by Crippen LogP contribution is 2.21. The van der Waals surface area contributed by atoms with Gasteiger partial charge in [-0.05, 0) is 30.3 Å². The molecule has 2 rings (SSSR count). The molecular formula is C16H20ClN3O. The zero-order valence-electron chi connectivity index (χ0n) is 12.3. The van der Waals surface area contributed by atoms with E-state index in [0.717, 1.165) is 17.1 Å². The van der Waals surface area contributed by atoms with Crippen molar-refractivity contribution in [1.29, 1.82) is 0 Å². The molecule has 0 radical (unpaired) electrons. The Morgan fingerprint density at radius 2 is 1.95 bits per heavy atom. The van der Waals surface area contributed by atoms with Crippen LogP contribution < -0.4 is 10.5 Å². The predicted molar refractivity (Wildman–Crippen MR) is 85.5 cm³/mol. The molecule has 2 aromatic rings. The summed E-state index contributed by atoms with van der Waals surface area (Å²) >= 11 is 5.91. The largest absolute Gasteiger partial charge is 0.481 e. The van der Waals surface area contributed by atoms with Gasteiger partial charge in [0, 0.05) is 36.4 Å². The predicted octanol–water partition coefficient (Wildman–Crippen LogP) is 2.88. The van der Waals surface area contributed by atoms with Gasteiger partial charge < -0.3 is 10.5 Å². The van der Waals surface area contributed by atoms with Crippen molar-refractivity contribution in [2.45, 2.75) is 12.6 Å². The number of aromatic nitrogens is 1. The van der Waals surface area contributed by atoms with Crippen molar-refractivity contribution in [2.75, 3.05) is 20.7 Å². The van der Waals surface area contributed by atoms with Gasteiger partial charge in [-0.25, -0.2) is 4.98 Å². The lowest BCUT2D eigenvalue weighted by Crippen LogP contribution is -2.30. The molecule has 5 heteroatoms. The van der Waals surface area contributed by atoms with Crippen LogP contribution in [0, 0.1) is 0 Å². The van der Waals surface area contributed by atoms with Crippen LogP contribution in [0.3, 0.4) is 0 Å². The quantitative estimate of drug-likeness (QED) is 0.891. The molecule has 1 aromatic heterocycles. The number of halogens is 1. The van der Waals surface area contributed by atoms with Crippen molar-refractivity contribution in [1.82, 2.24) is 9.88 Å². The molecule has 0 spiro atoms. The molecule has 0 saturated heterocycles. The van der Waals surface area contributed by atoms with Crippen molar-refractivity contribution in [3.63, 3.8) is 0 Å². The maximum absolute atomic E-state index is 5.93. The van der Waals surface area contributed by atoms with Gasteiger partial charge in [0.1, 0.15) is 0 Å². The first-order chi connectivity index (χ1) is 10.1. The number of hydrogen-bond acceptors (Lipinski definition) is 4. The van der Waals surface area contributed by atoms with E-state index in [-0.39, 0.29) is 6.04 Å². The second kappa shape index (κ2) is 7.41. The summed E-state index contributed by atoms with van der Waals surface area (Å²) in [5, 5.41) is 0.746. The lowest BCUT2D eigenvalue weighted by Gasteiger charge is -2.27. The number of pyridine rings is 1. The third kappa shape index (κ3) is 4.17. The van der Waals surface area contributed by atoms with Crippen LogP contribution >= 0.6 is 11.6 Å². The Bertz CT molecular complexity index is 557. The third-order valence-electron chi connectivity index (χ3n) is 3.45. The van der Waals surface area contributed by atoms with Gasteiger partial charge in [0.2, 0.25) is 5.88 Å². The summed E-state index contributed by atoms with van der Waals surface area (Å²) in [4.78, 5) is 6.45. The van der Waals surface area contributed by atoms with E-state index >= 15 is 0 Å². The van der Waals surface area contributed by atoms with Gasteiger partial charge in [0.25, 0.3) is 0 Å². The van der Waals surface area contributed by atoms with Crippen LogP contribution in [0.5, 0.6) is 5.88 Å². The molecule has 112 valence electrons. The Labute approximate surface area is 130 Å². The molecule has 4 nitrogen and oxygen atoms in total. The summed E-state index contributed by atoms with van der Waals surface area (Å²) in [6.45, 7) is 1.32. The number of rotatable bonds is 6. The average molecular weight is 306 g/mol. The van der Waals surface area contributed by atoms with Crippen LogP contribution in [0.2, 0.25) is 5.02 Å². The lowest BCUT2D eigenvalue weighted by molar-refractivity contribution is 0.241. The highest BCUT2D eigenvalue weighted by molar-refractivity contribution is 6.30. The molecule has 0 aliphatic rings. The van der Waals surface area contributed by atoms with E-state index in [9.17, 15) is 0 Å². The minimum absolute atomic E-state index is 0.110. The number of nitrogens with two attached hydrogens (primary N) is 1. The monoisotopic (exact) mass is 305 g/mol. The number of likely N-dealkylation sites (N-methyl/N-ethyl adjacent to an activating group) is 1. The summed E-state index contributed by atoms with van der Waals surface area (Å²) < 4.78 is 5.08. The van der Waals surface area contributed by atoms with E-state index in [2.05, 4.69) is 16.9 Å². The first-order valence-electron chi connectivity index (χ1n) is 6.78. The maximum atomic E-state index is 5.93. The van der Waals surface area contributed by atoms with Crippen molar-refractivity contribution in [3.05, 3.63) is 58.7 Å². The highest BCUT2D eigenvalue weighted by atomic mass is 35.5. The summed E-state index contributed by atoms with van der Waals surface area (Å²) in [5.41, 5.74) is 8.21. The van der Waals surface area contributed by atoms with Crippen molar-refractivity contribution in [3.8, 4) is 5.88 Å². The Hall–Kier alpha value is -1.62. The molecule has 1 unspecified atom stereocenters. The van der Waals surface area contributed by atoms with Crippen molar-refractivity contribution >= 4 is 11.6 Å². The second-order valence-electron chi connectivity index (χ2n) is 4.93. The smallest absolute Gasteiger partial charge is 0.212 e. The molecule has 1 aromatic carbocycles. The van der Waals surface area contributed by atoms with Gasteiger partial charge in [0.15, 0.2) is 0 Å².